The average Bonchev–Trinajstić information content (AvgIpc) is 2.70. The molecule has 0 heterocycles. The molecule has 0 aromatic heterocycles. The maximum atomic E-state index is 13.4. The van der Waals surface area contributed by atoms with Crippen molar-refractivity contribution in [3.05, 3.63) is 64.7 Å². The van der Waals surface area contributed by atoms with E-state index in [-0.39, 0.29) is 28.7 Å². The van der Waals surface area contributed by atoms with Gasteiger partial charge in [0.15, 0.2) is 0 Å². The molecule has 2 aliphatic rings. The standard InChI is InChI=1S/C24H27NO4/c1-14-9-10-24(2)20-13-18(26)8-7-15(20)12-19(14)21(24)25(3)22(27)16-5-4-6-17(11-16)23(28)29/h4-8,11,13-14,19,21,26H,9-10,12H2,1-3H3,(H,28,29)/t14?,19-,21-,24+/m0/s1. The Morgan fingerprint density at radius 3 is 2.59 bits per heavy atom. The first-order valence-electron chi connectivity index (χ1n) is 10.2. The third kappa shape index (κ3) is 3.09. The van der Waals surface area contributed by atoms with Crippen molar-refractivity contribution in [3.63, 3.8) is 0 Å². The van der Waals surface area contributed by atoms with E-state index >= 15 is 0 Å². The SMILES string of the molecule is CC1CC[C@]2(C)c3cc(O)ccc3C[C@@H]1[C@@H]2N(C)C(=O)c1cccc(C(=O)O)c1. The van der Waals surface area contributed by atoms with Crippen LogP contribution in [0.3, 0.4) is 0 Å². The van der Waals surface area contributed by atoms with Crippen LogP contribution in [0.15, 0.2) is 42.5 Å². The van der Waals surface area contributed by atoms with E-state index in [1.807, 2.05) is 24.1 Å². The van der Waals surface area contributed by atoms with Crippen LogP contribution in [-0.2, 0) is 11.8 Å². The van der Waals surface area contributed by atoms with E-state index in [2.05, 4.69) is 13.8 Å². The van der Waals surface area contributed by atoms with Gasteiger partial charge in [0.1, 0.15) is 5.75 Å². The van der Waals surface area contributed by atoms with Gasteiger partial charge >= 0.3 is 5.97 Å². The van der Waals surface area contributed by atoms with E-state index in [1.54, 1.807) is 18.2 Å². The van der Waals surface area contributed by atoms with Gasteiger partial charge in [-0.25, -0.2) is 4.79 Å². The first-order valence-corrected chi connectivity index (χ1v) is 10.2. The van der Waals surface area contributed by atoms with Gasteiger partial charge in [0.2, 0.25) is 0 Å². The second-order valence-corrected chi connectivity index (χ2v) is 8.89. The second-order valence-electron chi connectivity index (χ2n) is 8.89. The molecule has 2 aromatic rings. The lowest BCUT2D eigenvalue weighted by Crippen LogP contribution is -2.60. The monoisotopic (exact) mass is 393 g/mol. The zero-order valence-corrected chi connectivity index (χ0v) is 17.1. The van der Waals surface area contributed by atoms with Crippen molar-refractivity contribution in [2.24, 2.45) is 11.8 Å². The molecule has 0 saturated heterocycles. The minimum Gasteiger partial charge on any atom is -0.508 e. The zero-order chi connectivity index (χ0) is 20.9. The Morgan fingerprint density at radius 2 is 1.86 bits per heavy atom. The van der Waals surface area contributed by atoms with Gasteiger partial charge in [-0.15, -0.1) is 0 Å². The van der Waals surface area contributed by atoms with Crippen molar-refractivity contribution in [1.29, 1.82) is 0 Å². The van der Waals surface area contributed by atoms with Crippen LogP contribution in [-0.4, -0.2) is 40.1 Å². The smallest absolute Gasteiger partial charge is 0.335 e. The quantitative estimate of drug-likeness (QED) is 0.823. The van der Waals surface area contributed by atoms with Crippen LogP contribution in [0, 0.1) is 11.8 Å². The number of nitrogens with zero attached hydrogens (tertiary/aromatic N) is 1. The summed E-state index contributed by atoms with van der Waals surface area (Å²) in [5.41, 5.74) is 2.64. The van der Waals surface area contributed by atoms with Gasteiger partial charge in [-0.05, 0) is 72.6 Å². The highest BCUT2D eigenvalue weighted by Gasteiger charge is 2.52. The predicted octanol–water partition coefficient (Wildman–Crippen LogP) is 4.09. The van der Waals surface area contributed by atoms with Crippen molar-refractivity contribution in [2.75, 3.05) is 7.05 Å². The third-order valence-electron chi connectivity index (χ3n) is 7.17. The molecule has 1 saturated carbocycles. The van der Waals surface area contributed by atoms with Crippen LogP contribution >= 0.6 is 0 Å². The van der Waals surface area contributed by atoms with E-state index in [0.29, 0.717) is 17.4 Å². The molecule has 1 unspecified atom stereocenters. The molecule has 4 rings (SSSR count). The van der Waals surface area contributed by atoms with Crippen molar-refractivity contribution in [2.45, 2.75) is 44.6 Å². The molecule has 1 fully saturated rings. The number of phenolic OH excluding ortho intramolecular Hbond substituents is 1. The zero-order valence-electron chi connectivity index (χ0n) is 17.1. The molecule has 5 heteroatoms. The van der Waals surface area contributed by atoms with Gasteiger partial charge in [-0.1, -0.05) is 26.0 Å². The molecule has 1 amide bonds. The fraction of sp³-hybridized carbons (Fsp3) is 0.417. The van der Waals surface area contributed by atoms with E-state index in [1.165, 1.54) is 17.7 Å². The molecule has 0 aliphatic heterocycles. The molecule has 152 valence electrons. The van der Waals surface area contributed by atoms with E-state index < -0.39 is 5.97 Å². The van der Waals surface area contributed by atoms with Gasteiger partial charge < -0.3 is 15.1 Å². The molecular weight excluding hydrogens is 366 g/mol. The summed E-state index contributed by atoms with van der Waals surface area (Å²) in [6, 6.07) is 11.8. The molecule has 2 aliphatic carbocycles. The largest absolute Gasteiger partial charge is 0.508 e. The predicted molar refractivity (Wildman–Crippen MR) is 110 cm³/mol. The lowest BCUT2D eigenvalue weighted by Gasteiger charge is -2.56. The van der Waals surface area contributed by atoms with Crippen molar-refractivity contribution >= 4 is 11.9 Å². The fourth-order valence-corrected chi connectivity index (χ4v) is 5.64. The highest BCUT2D eigenvalue weighted by molar-refractivity contribution is 5.97. The highest BCUT2D eigenvalue weighted by Crippen LogP contribution is 2.53. The summed E-state index contributed by atoms with van der Waals surface area (Å²) < 4.78 is 0. The molecule has 0 spiro atoms. The number of rotatable bonds is 3. The summed E-state index contributed by atoms with van der Waals surface area (Å²) in [5, 5.41) is 19.4. The van der Waals surface area contributed by atoms with Gasteiger partial charge in [0.05, 0.1) is 5.56 Å². The maximum Gasteiger partial charge on any atom is 0.335 e. The summed E-state index contributed by atoms with van der Waals surface area (Å²) in [6.45, 7) is 4.46. The van der Waals surface area contributed by atoms with Gasteiger partial charge in [0.25, 0.3) is 5.91 Å². The summed E-state index contributed by atoms with van der Waals surface area (Å²) >= 11 is 0. The molecule has 2 bridgehead atoms. The molecule has 4 atom stereocenters. The Hall–Kier alpha value is -2.82. The van der Waals surface area contributed by atoms with Gasteiger partial charge in [0, 0.05) is 24.1 Å². The van der Waals surface area contributed by atoms with Crippen LogP contribution < -0.4 is 0 Å². The van der Waals surface area contributed by atoms with Crippen LogP contribution in [0.25, 0.3) is 0 Å². The first kappa shape index (κ1) is 19.5. The van der Waals surface area contributed by atoms with Crippen LogP contribution in [0.2, 0.25) is 0 Å². The maximum absolute atomic E-state index is 13.4. The number of phenols is 1. The Balaban J connectivity index is 1.76. The van der Waals surface area contributed by atoms with E-state index in [0.717, 1.165) is 24.8 Å². The minimum absolute atomic E-state index is 0.0125. The van der Waals surface area contributed by atoms with E-state index in [4.69, 9.17) is 0 Å². The molecular formula is C24H27NO4. The first-order chi connectivity index (χ1) is 13.7. The number of fused-ring (bicyclic) bond motifs is 4. The molecule has 2 N–H and O–H groups in total. The third-order valence-corrected chi connectivity index (χ3v) is 7.17. The summed E-state index contributed by atoms with van der Waals surface area (Å²) in [4.78, 5) is 26.5. The number of hydrogen-bond donors (Lipinski definition) is 2. The number of carboxylic acids is 1. The van der Waals surface area contributed by atoms with Crippen molar-refractivity contribution < 1.29 is 19.8 Å². The fourth-order valence-electron chi connectivity index (χ4n) is 5.64. The normalized spacial score (nSPS) is 27.8. The van der Waals surface area contributed by atoms with Gasteiger partial charge in [-0.2, -0.15) is 0 Å². The number of carbonyl (C=O) groups is 2. The van der Waals surface area contributed by atoms with Crippen molar-refractivity contribution in [1.82, 2.24) is 4.90 Å². The number of aromatic hydroxyl groups is 1. The lowest BCUT2D eigenvalue weighted by atomic mass is 9.54. The topological polar surface area (TPSA) is 77.8 Å². The number of hydrogen-bond acceptors (Lipinski definition) is 3. The summed E-state index contributed by atoms with van der Waals surface area (Å²) in [7, 11) is 1.83. The number of aromatic carboxylic acids is 1. The molecule has 29 heavy (non-hydrogen) atoms. The number of carboxylic acid groups (broad SMARTS) is 1. The second kappa shape index (κ2) is 6.90. The number of likely N-dealkylation sites (N-methyl/N-ethyl adjacent to an activating group) is 1. The Labute approximate surface area is 171 Å². The number of amides is 1. The highest BCUT2D eigenvalue weighted by atomic mass is 16.4. The Morgan fingerprint density at radius 1 is 1.14 bits per heavy atom. The Kier molecular flexibility index (Phi) is 4.64. The van der Waals surface area contributed by atoms with Crippen molar-refractivity contribution in [3.8, 4) is 5.75 Å². The molecule has 0 radical (unpaired) electrons. The molecule has 5 nitrogen and oxygen atoms in total. The number of benzene rings is 2. The van der Waals surface area contributed by atoms with Crippen LogP contribution in [0.5, 0.6) is 5.75 Å². The number of carbonyl (C=O) groups excluding carboxylic acids is 1. The van der Waals surface area contributed by atoms with Gasteiger partial charge in [-0.3, -0.25) is 4.79 Å². The molecule has 2 aromatic carbocycles. The Bertz CT molecular complexity index is 985. The van der Waals surface area contributed by atoms with E-state index in [9.17, 15) is 19.8 Å². The summed E-state index contributed by atoms with van der Waals surface area (Å²) in [5.74, 6) is -0.143. The van der Waals surface area contributed by atoms with Crippen LogP contribution in [0.4, 0.5) is 0 Å². The summed E-state index contributed by atoms with van der Waals surface area (Å²) in [6.07, 6.45) is 2.91. The average molecular weight is 393 g/mol. The minimum atomic E-state index is -1.04. The lowest BCUT2D eigenvalue weighted by molar-refractivity contribution is 0.0149. The van der Waals surface area contributed by atoms with Crippen LogP contribution in [0.1, 0.15) is 58.5 Å².